The van der Waals surface area contributed by atoms with Crippen molar-refractivity contribution in [3.05, 3.63) is 29.8 Å². The molecule has 0 heterocycles. The zero-order valence-electron chi connectivity index (χ0n) is 14.2. The Morgan fingerprint density at radius 2 is 1.29 bits per heavy atom. The maximum atomic E-state index is 5.90. The Balaban J connectivity index is 1.93. The van der Waals surface area contributed by atoms with Gasteiger partial charge in [-0.3, -0.25) is 0 Å². The van der Waals surface area contributed by atoms with Gasteiger partial charge in [-0.2, -0.15) is 0 Å². The largest absolute Gasteiger partial charge is 0.493 e. The third kappa shape index (κ3) is 8.80. The number of aryl methyl sites for hydroxylation is 1. The van der Waals surface area contributed by atoms with Crippen molar-refractivity contribution in [1.29, 1.82) is 0 Å². The second-order valence-corrected chi connectivity index (χ2v) is 5.99. The molecule has 0 bridgehead atoms. The molecule has 1 aromatic rings. The van der Waals surface area contributed by atoms with Crippen molar-refractivity contribution in [3.63, 3.8) is 0 Å². The second kappa shape index (κ2) is 12.7. The van der Waals surface area contributed by atoms with E-state index in [-0.39, 0.29) is 0 Å². The molecule has 21 heavy (non-hydrogen) atoms. The van der Waals surface area contributed by atoms with Crippen LogP contribution in [0.15, 0.2) is 24.3 Å². The summed E-state index contributed by atoms with van der Waals surface area (Å²) in [4.78, 5) is 0. The molecule has 0 fully saturated rings. The van der Waals surface area contributed by atoms with Gasteiger partial charge in [0.1, 0.15) is 5.75 Å². The van der Waals surface area contributed by atoms with Gasteiger partial charge in [-0.25, -0.2) is 0 Å². The number of unbranched alkanes of at least 4 members (excludes halogenated alkanes) is 9. The van der Waals surface area contributed by atoms with E-state index in [1.54, 1.807) is 0 Å². The molecule has 0 aliphatic heterocycles. The normalized spacial score (nSPS) is 10.8. The van der Waals surface area contributed by atoms with Crippen LogP contribution >= 0.6 is 0 Å². The van der Waals surface area contributed by atoms with E-state index in [0.29, 0.717) is 0 Å². The van der Waals surface area contributed by atoms with Crippen molar-refractivity contribution in [3.8, 4) is 5.75 Å². The van der Waals surface area contributed by atoms with Gasteiger partial charge in [0.25, 0.3) is 0 Å². The van der Waals surface area contributed by atoms with E-state index in [4.69, 9.17) is 4.74 Å². The predicted octanol–water partition coefficient (Wildman–Crippen LogP) is 6.55. The molecule has 0 aromatic heterocycles. The molecule has 0 atom stereocenters. The topological polar surface area (TPSA) is 9.23 Å². The number of benzene rings is 1. The van der Waals surface area contributed by atoms with Crippen LogP contribution in [-0.4, -0.2) is 6.61 Å². The van der Waals surface area contributed by atoms with Crippen LogP contribution < -0.4 is 4.74 Å². The van der Waals surface area contributed by atoms with E-state index in [9.17, 15) is 0 Å². The highest BCUT2D eigenvalue weighted by atomic mass is 16.5. The van der Waals surface area contributed by atoms with Crippen molar-refractivity contribution in [1.82, 2.24) is 0 Å². The molecule has 120 valence electrons. The van der Waals surface area contributed by atoms with Gasteiger partial charge in [0.2, 0.25) is 0 Å². The van der Waals surface area contributed by atoms with Gasteiger partial charge in [0.05, 0.1) is 6.61 Å². The van der Waals surface area contributed by atoms with Crippen LogP contribution in [0, 0.1) is 0 Å². The average molecular weight is 290 g/mol. The SMILES string of the molecule is CCCCCCCCCCCCOc1ccccc1CC. The van der Waals surface area contributed by atoms with E-state index in [0.717, 1.165) is 18.8 Å². The molecular formula is C20H34O. The molecule has 0 amide bonds. The lowest BCUT2D eigenvalue weighted by Gasteiger charge is -2.10. The van der Waals surface area contributed by atoms with Crippen molar-refractivity contribution in [2.24, 2.45) is 0 Å². The summed E-state index contributed by atoms with van der Waals surface area (Å²) in [5, 5.41) is 0. The monoisotopic (exact) mass is 290 g/mol. The number of hydrogen-bond donors (Lipinski definition) is 0. The molecule has 0 N–H and O–H groups in total. The molecule has 0 unspecified atom stereocenters. The maximum absolute atomic E-state index is 5.90. The van der Waals surface area contributed by atoms with Crippen LogP contribution in [-0.2, 0) is 6.42 Å². The Bertz CT molecular complexity index is 345. The van der Waals surface area contributed by atoms with E-state index in [1.807, 2.05) is 0 Å². The molecule has 1 heteroatoms. The smallest absolute Gasteiger partial charge is 0.122 e. The first-order chi connectivity index (χ1) is 10.4. The fourth-order valence-electron chi connectivity index (χ4n) is 2.71. The first kappa shape index (κ1) is 18.1. The number of para-hydroxylation sites is 1. The quantitative estimate of drug-likeness (QED) is 0.374. The average Bonchev–Trinajstić information content (AvgIpc) is 2.53. The minimum atomic E-state index is 0.869. The molecule has 0 spiro atoms. The Morgan fingerprint density at radius 1 is 0.714 bits per heavy atom. The van der Waals surface area contributed by atoms with Crippen molar-refractivity contribution < 1.29 is 4.74 Å². The summed E-state index contributed by atoms with van der Waals surface area (Å²) in [6, 6.07) is 8.41. The molecule has 1 aromatic carbocycles. The van der Waals surface area contributed by atoms with E-state index >= 15 is 0 Å². The van der Waals surface area contributed by atoms with Crippen molar-refractivity contribution in [2.45, 2.75) is 84.5 Å². The molecule has 0 saturated heterocycles. The standard InChI is InChI=1S/C20H34O/c1-3-5-6-7-8-9-10-11-12-15-18-21-20-17-14-13-16-19(20)4-2/h13-14,16-17H,3-12,15,18H2,1-2H3. The number of ether oxygens (including phenoxy) is 1. The Hall–Kier alpha value is -0.980. The van der Waals surface area contributed by atoms with Gasteiger partial charge >= 0.3 is 0 Å². The van der Waals surface area contributed by atoms with Crippen molar-refractivity contribution in [2.75, 3.05) is 6.61 Å². The molecule has 0 aliphatic rings. The van der Waals surface area contributed by atoms with Crippen LogP contribution in [0.25, 0.3) is 0 Å². The lowest BCUT2D eigenvalue weighted by molar-refractivity contribution is 0.301. The number of rotatable bonds is 13. The highest BCUT2D eigenvalue weighted by Gasteiger charge is 2.00. The summed E-state index contributed by atoms with van der Waals surface area (Å²) in [6.07, 6.45) is 14.8. The van der Waals surface area contributed by atoms with E-state index in [1.165, 1.54) is 69.8 Å². The van der Waals surface area contributed by atoms with Crippen molar-refractivity contribution >= 4 is 0 Å². The molecule has 0 saturated carbocycles. The first-order valence-corrected chi connectivity index (χ1v) is 9.09. The van der Waals surface area contributed by atoms with Gasteiger partial charge in [-0.05, 0) is 24.5 Å². The number of hydrogen-bond acceptors (Lipinski definition) is 1. The molecule has 0 radical (unpaired) electrons. The highest BCUT2D eigenvalue weighted by molar-refractivity contribution is 5.33. The van der Waals surface area contributed by atoms with E-state index < -0.39 is 0 Å². The lowest BCUT2D eigenvalue weighted by Crippen LogP contribution is -1.99. The lowest BCUT2D eigenvalue weighted by atomic mass is 10.1. The van der Waals surface area contributed by atoms with Gasteiger partial charge in [-0.15, -0.1) is 0 Å². The molecule has 1 rings (SSSR count). The fourth-order valence-corrected chi connectivity index (χ4v) is 2.71. The summed E-state index contributed by atoms with van der Waals surface area (Å²) in [5.41, 5.74) is 1.32. The Morgan fingerprint density at radius 3 is 1.90 bits per heavy atom. The molecular weight excluding hydrogens is 256 g/mol. The van der Waals surface area contributed by atoms with Gasteiger partial charge in [-0.1, -0.05) is 89.8 Å². The second-order valence-electron chi connectivity index (χ2n) is 5.99. The van der Waals surface area contributed by atoms with Crippen LogP contribution in [0.5, 0.6) is 5.75 Å². The van der Waals surface area contributed by atoms with E-state index in [2.05, 4.69) is 38.1 Å². The minimum absolute atomic E-state index is 0.869. The summed E-state index contributed by atoms with van der Waals surface area (Å²) in [7, 11) is 0. The molecule has 1 nitrogen and oxygen atoms in total. The molecule has 0 aliphatic carbocycles. The summed E-state index contributed by atoms with van der Waals surface area (Å²) < 4.78 is 5.90. The first-order valence-electron chi connectivity index (χ1n) is 9.09. The Labute approximate surface area is 132 Å². The zero-order chi connectivity index (χ0) is 15.2. The Kier molecular flexibility index (Phi) is 11.0. The van der Waals surface area contributed by atoms with Gasteiger partial charge in [0, 0.05) is 0 Å². The zero-order valence-corrected chi connectivity index (χ0v) is 14.2. The van der Waals surface area contributed by atoms with Crippen LogP contribution in [0.2, 0.25) is 0 Å². The minimum Gasteiger partial charge on any atom is -0.493 e. The summed E-state index contributed by atoms with van der Waals surface area (Å²) >= 11 is 0. The van der Waals surface area contributed by atoms with Crippen LogP contribution in [0.1, 0.15) is 83.6 Å². The highest BCUT2D eigenvalue weighted by Crippen LogP contribution is 2.18. The van der Waals surface area contributed by atoms with Gasteiger partial charge < -0.3 is 4.74 Å². The predicted molar refractivity (Wildman–Crippen MR) is 93.2 cm³/mol. The third-order valence-corrected chi connectivity index (χ3v) is 4.11. The fraction of sp³-hybridized carbons (Fsp3) is 0.700. The maximum Gasteiger partial charge on any atom is 0.122 e. The van der Waals surface area contributed by atoms with Crippen LogP contribution in [0.3, 0.4) is 0 Å². The summed E-state index contributed by atoms with van der Waals surface area (Å²) in [6.45, 7) is 5.33. The summed E-state index contributed by atoms with van der Waals surface area (Å²) in [5.74, 6) is 1.08. The van der Waals surface area contributed by atoms with Crippen LogP contribution in [0.4, 0.5) is 0 Å². The van der Waals surface area contributed by atoms with Gasteiger partial charge in [0.15, 0.2) is 0 Å². The third-order valence-electron chi connectivity index (χ3n) is 4.11.